The lowest BCUT2D eigenvalue weighted by atomic mass is 10.3. The lowest BCUT2D eigenvalue weighted by Gasteiger charge is -1.98. The molecule has 3 nitrogen and oxygen atoms in total. The van der Waals surface area contributed by atoms with Gasteiger partial charge < -0.3 is 0 Å². The molecule has 0 aliphatic carbocycles. The van der Waals surface area contributed by atoms with Crippen molar-refractivity contribution in [3.63, 3.8) is 0 Å². The molecule has 0 unspecified atom stereocenters. The highest BCUT2D eigenvalue weighted by molar-refractivity contribution is 7.99. The van der Waals surface area contributed by atoms with E-state index in [2.05, 4.69) is 25.8 Å². The second-order valence-electron chi connectivity index (χ2n) is 3.44. The standard InChI is InChI=1S/C11H14N2OS2/c1-4-9-7(3)13-8(6-14)10(15-5-2)12-11(13)16-9/h6H,4-5H2,1-3H3. The monoisotopic (exact) mass is 254 g/mol. The maximum atomic E-state index is 11.2. The van der Waals surface area contributed by atoms with E-state index >= 15 is 0 Å². The van der Waals surface area contributed by atoms with Gasteiger partial charge in [0.05, 0.1) is 0 Å². The Morgan fingerprint density at radius 3 is 2.81 bits per heavy atom. The van der Waals surface area contributed by atoms with Gasteiger partial charge in [-0.2, -0.15) is 0 Å². The molecule has 0 saturated heterocycles. The number of fused-ring (bicyclic) bond motifs is 1. The number of aromatic nitrogens is 2. The average molecular weight is 254 g/mol. The van der Waals surface area contributed by atoms with Gasteiger partial charge in [-0.25, -0.2) is 4.98 Å². The van der Waals surface area contributed by atoms with Crippen LogP contribution in [0, 0.1) is 6.92 Å². The smallest absolute Gasteiger partial charge is 0.195 e. The number of hydrogen-bond donors (Lipinski definition) is 0. The van der Waals surface area contributed by atoms with E-state index in [0.29, 0.717) is 5.69 Å². The summed E-state index contributed by atoms with van der Waals surface area (Å²) in [7, 11) is 0. The van der Waals surface area contributed by atoms with Gasteiger partial charge in [0.15, 0.2) is 11.2 Å². The molecule has 86 valence electrons. The van der Waals surface area contributed by atoms with Gasteiger partial charge >= 0.3 is 0 Å². The van der Waals surface area contributed by atoms with Crippen molar-refractivity contribution in [3.8, 4) is 0 Å². The van der Waals surface area contributed by atoms with E-state index in [0.717, 1.165) is 34.1 Å². The zero-order valence-electron chi connectivity index (χ0n) is 9.61. The first-order valence-corrected chi connectivity index (χ1v) is 7.11. The lowest BCUT2D eigenvalue weighted by molar-refractivity contribution is 0.111. The zero-order chi connectivity index (χ0) is 11.7. The first kappa shape index (κ1) is 11.7. The van der Waals surface area contributed by atoms with Gasteiger partial charge in [-0.1, -0.05) is 13.8 Å². The van der Waals surface area contributed by atoms with Gasteiger partial charge in [0.2, 0.25) is 0 Å². The fourth-order valence-electron chi connectivity index (χ4n) is 1.77. The van der Waals surface area contributed by atoms with Crippen molar-refractivity contribution >= 4 is 34.3 Å². The van der Waals surface area contributed by atoms with E-state index in [9.17, 15) is 4.79 Å². The minimum Gasteiger partial charge on any atom is -0.296 e. The van der Waals surface area contributed by atoms with Crippen molar-refractivity contribution in [2.24, 2.45) is 0 Å². The van der Waals surface area contributed by atoms with E-state index in [4.69, 9.17) is 0 Å². The average Bonchev–Trinajstić information content (AvgIpc) is 2.76. The third-order valence-electron chi connectivity index (χ3n) is 2.52. The van der Waals surface area contributed by atoms with Crippen molar-refractivity contribution < 1.29 is 4.79 Å². The minimum absolute atomic E-state index is 0.704. The van der Waals surface area contributed by atoms with Gasteiger partial charge in [0, 0.05) is 10.6 Å². The number of hydrogen-bond acceptors (Lipinski definition) is 4. The van der Waals surface area contributed by atoms with Crippen molar-refractivity contribution in [2.45, 2.75) is 32.2 Å². The Kier molecular flexibility index (Phi) is 3.35. The Hall–Kier alpha value is -0.810. The van der Waals surface area contributed by atoms with Gasteiger partial charge in [0.25, 0.3) is 0 Å². The van der Waals surface area contributed by atoms with E-state index in [1.807, 2.05) is 4.40 Å². The van der Waals surface area contributed by atoms with Crippen molar-refractivity contribution in [3.05, 3.63) is 16.3 Å². The van der Waals surface area contributed by atoms with Crippen molar-refractivity contribution in [2.75, 3.05) is 5.75 Å². The topological polar surface area (TPSA) is 34.4 Å². The number of thioether (sulfide) groups is 1. The van der Waals surface area contributed by atoms with Crippen LogP contribution < -0.4 is 0 Å². The Labute approximate surface area is 103 Å². The molecular formula is C11H14N2OS2. The van der Waals surface area contributed by atoms with Gasteiger partial charge in [-0.3, -0.25) is 9.20 Å². The number of thiazole rings is 1. The molecular weight excluding hydrogens is 240 g/mol. The summed E-state index contributed by atoms with van der Waals surface area (Å²) >= 11 is 3.30. The second-order valence-corrected chi connectivity index (χ2v) is 5.75. The highest BCUT2D eigenvalue weighted by Gasteiger charge is 2.17. The molecule has 0 saturated carbocycles. The summed E-state index contributed by atoms with van der Waals surface area (Å²) in [6.07, 6.45) is 1.91. The van der Waals surface area contributed by atoms with Crippen LogP contribution in [0.5, 0.6) is 0 Å². The normalized spacial score (nSPS) is 11.2. The summed E-state index contributed by atoms with van der Waals surface area (Å²) < 4.78 is 1.98. The predicted octanol–water partition coefficient (Wildman–Crippen LogP) is 3.19. The molecule has 0 atom stereocenters. The summed E-state index contributed by atoms with van der Waals surface area (Å²) in [6, 6.07) is 0. The van der Waals surface area contributed by atoms with Crippen molar-refractivity contribution in [1.29, 1.82) is 0 Å². The number of rotatable bonds is 4. The maximum Gasteiger partial charge on any atom is 0.195 e. The fourth-order valence-corrected chi connectivity index (χ4v) is 3.60. The molecule has 2 rings (SSSR count). The van der Waals surface area contributed by atoms with Crippen LogP contribution >= 0.6 is 23.1 Å². The summed E-state index contributed by atoms with van der Waals surface area (Å²) in [4.78, 5) is 17.9. The van der Waals surface area contributed by atoms with Gasteiger partial charge in [-0.15, -0.1) is 23.1 Å². The third-order valence-corrected chi connectivity index (χ3v) is 4.67. The number of aldehydes is 1. The molecule has 5 heteroatoms. The van der Waals surface area contributed by atoms with Crippen LogP contribution in [0.1, 0.15) is 34.9 Å². The molecule has 0 amide bonds. The largest absolute Gasteiger partial charge is 0.296 e. The van der Waals surface area contributed by atoms with E-state index in [1.165, 1.54) is 4.88 Å². The number of carbonyl (C=O) groups excluding carboxylic acids is 1. The molecule has 0 spiro atoms. The van der Waals surface area contributed by atoms with Crippen molar-refractivity contribution in [1.82, 2.24) is 9.38 Å². The molecule has 0 N–H and O–H groups in total. The van der Waals surface area contributed by atoms with Crippen LogP contribution in [-0.4, -0.2) is 21.4 Å². The zero-order valence-corrected chi connectivity index (χ0v) is 11.2. The summed E-state index contributed by atoms with van der Waals surface area (Å²) in [5, 5.41) is 0.856. The maximum absolute atomic E-state index is 11.2. The van der Waals surface area contributed by atoms with Gasteiger partial charge in [-0.05, 0) is 19.1 Å². The van der Waals surface area contributed by atoms with Crippen LogP contribution in [0.4, 0.5) is 0 Å². The highest BCUT2D eigenvalue weighted by atomic mass is 32.2. The highest BCUT2D eigenvalue weighted by Crippen LogP contribution is 2.29. The summed E-state index contributed by atoms with van der Waals surface area (Å²) in [5.41, 5.74) is 1.86. The summed E-state index contributed by atoms with van der Waals surface area (Å²) in [5.74, 6) is 0.936. The second kappa shape index (κ2) is 4.59. The molecule has 2 aromatic heterocycles. The van der Waals surface area contributed by atoms with Crippen LogP contribution in [-0.2, 0) is 6.42 Å². The van der Waals surface area contributed by atoms with Crippen LogP contribution in [0.25, 0.3) is 4.96 Å². The lowest BCUT2D eigenvalue weighted by Crippen LogP contribution is -1.94. The molecule has 0 bridgehead atoms. The molecule has 2 aromatic rings. The molecule has 0 fully saturated rings. The van der Waals surface area contributed by atoms with E-state index in [1.54, 1.807) is 23.1 Å². The minimum atomic E-state index is 0.704. The molecule has 0 aliphatic heterocycles. The SMILES string of the molecule is CCSc1nc2sc(CC)c(C)n2c1C=O. The Balaban J connectivity index is 2.67. The predicted molar refractivity (Wildman–Crippen MR) is 69.0 cm³/mol. The van der Waals surface area contributed by atoms with Crippen LogP contribution in [0.15, 0.2) is 5.03 Å². The Morgan fingerprint density at radius 1 is 1.50 bits per heavy atom. The van der Waals surface area contributed by atoms with Gasteiger partial charge in [0.1, 0.15) is 10.7 Å². The van der Waals surface area contributed by atoms with Crippen LogP contribution in [0.3, 0.4) is 0 Å². The number of aryl methyl sites for hydroxylation is 2. The molecule has 2 heterocycles. The first-order chi connectivity index (χ1) is 7.72. The first-order valence-electron chi connectivity index (χ1n) is 5.31. The fraction of sp³-hybridized carbons (Fsp3) is 0.455. The Bertz CT molecular complexity index is 528. The van der Waals surface area contributed by atoms with Crippen LogP contribution in [0.2, 0.25) is 0 Å². The quantitative estimate of drug-likeness (QED) is 0.621. The number of imidazole rings is 1. The number of nitrogens with zero attached hydrogens (tertiary/aromatic N) is 2. The van der Waals surface area contributed by atoms with E-state index in [-0.39, 0.29) is 0 Å². The molecule has 16 heavy (non-hydrogen) atoms. The Morgan fingerprint density at radius 2 is 2.25 bits per heavy atom. The van der Waals surface area contributed by atoms with E-state index < -0.39 is 0 Å². The summed E-state index contributed by atoms with van der Waals surface area (Å²) in [6.45, 7) is 6.25. The molecule has 0 radical (unpaired) electrons. The molecule has 0 aliphatic rings. The molecule has 0 aromatic carbocycles. The number of carbonyl (C=O) groups is 1. The third kappa shape index (κ3) is 1.68.